The van der Waals surface area contributed by atoms with Gasteiger partial charge in [0.05, 0.1) is 5.01 Å². The molecule has 1 fully saturated rings. The topological polar surface area (TPSA) is 33.2 Å². The van der Waals surface area contributed by atoms with Crippen molar-refractivity contribution in [3.05, 3.63) is 16.1 Å². The zero-order chi connectivity index (χ0) is 13.0. The summed E-state index contributed by atoms with van der Waals surface area (Å²) in [5.41, 5.74) is 0. The number of carbonyl (C=O) groups is 1. The third-order valence-corrected chi connectivity index (χ3v) is 4.77. The van der Waals surface area contributed by atoms with Gasteiger partial charge in [-0.15, -0.1) is 11.3 Å². The fraction of sp³-hybridized carbons (Fsp3) is 0.714. The van der Waals surface area contributed by atoms with Crippen LogP contribution in [0.4, 0.5) is 0 Å². The summed E-state index contributed by atoms with van der Waals surface area (Å²) < 4.78 is 0. The summed E-state index contributed by atoms with van der Waals surface area (Å²) in [4.78, 5) is 18.5. The Hall–Kier alpha value is -0.740. The number of thiazole rings is 1. The van der Waals surface area contributed by atoms with Crippen molar-refractivity contribution in [1.82, 2.24) is 9.88 Å². The first-order valence-corrected chi connectivity index (χ1v) is 7.62. The highest BCUT2D eigenvalue weighted by Crippen LogP contribution is 2.24. The Balaban J connectivity index is 1.81. The first-order valence-electron chi connectivity index (χ1n) is 6.80. The molecule has 0 N–H and O–H groups in total. The molecule has 0 saturated carbocycles. The van der Waals surface area contributed by atoms with Gasteiger partial charge < -0.3 is 9.69 Å². The molecular formula is C14H22N2OS. The molecule has 0 amide bonds. The lowest BCUT2D eigenvalue weighted by molar-refractivity contribution is -0.107. The van der Waals surface area contributed by atoms with Gasteiger partial charge in [-0.1, -0.05) is 0 Å². The van der Waals surface area contributed by atoms with Crippen molar-refractivity contribution in [2.24, 2.45) is 5.92 Å². The summed E-state index contributed by atoms with van der Waals surface area (Å²) in [5.74, 6) is 0.773. The fourth-order valence-electron chi connectivity index (χ4n) is 2.54. The molecule has 1 aromatic heterocycles. The third-order valence-electron chi connectivity index (χ3n) is 3.73. The minimum absolute atomic E-state index is 0.517. The van der Waals surface area contributed by atoms with E-state index in [2.05, 4.69) is 23.7 Å². The smallest absolute Gasteiger partial charge is 0.125 e. The van der Waals surface area contributed by atoms with Crippen molar-refractivity contribution in [3.63, 3.8) is 0 Å². The van der Waals surface area contributed by atoms with Crippen LogP contribution in [0.2, 0.25) is 0 Å². The van der Waals surface area contributed by atoms with Gasteiger partial charge in [0.2, 0.25) is 0 Å². The highest BCUT2D eigenvalue weighted by atomic mass is 32.1. The Morgan fingerprint density at radius 2 is 2.22 bits per heavy atom. The molecule has 2 heterocycles. The highest BCUT2D eigenvalue weighted by molar-refractivity contribution is 7.11. The minimum atomic E-state index is 0.517. The highest BCUT2D eigenvalue weighted by Gasteiger charge is 2.21. The molecule has 0 spiro atoms. The second kappa shape index (κ2) is 6.43. The minimum Gasteiger partial charge on any atom is -0.303 e. The predicted molar refractivity (Wildman–Crippen MR) is 75.0 cm³/mol. The Morgan fingerprint density at radius 3 is 2.83 bits per heavy atom. The van der Waals surface area contributed by atoms with E-state index in [9.17, 15) is 4.79 Å². The van der Waals surface area contributed by atoms with Crippen LogP contribution in [-0.4, -0.2) is 35.3 Å². The number of piperidine rings is 1. The van der Waals surface area contributed by atoms with E-state index in [0.29, 0.717) is 12.5 Å². The van der Waals surface area contributed by atoms with Gasteiger partial charge in [-0.25, -0.2) is 4.98 Å². The normalized spacial score (nSPS) is 18.4. The third kappa shape index (κ3) is 3.62. The molecule has 1 aliphatic rings. The molecule has 4 heteroatoms. The number of rotatable bonds is 5. The van der Waals surface area contributed by atoms with Gasteiger partial charge in [0.25, 0.3) is 0 Å². The Labute approximate surface area is 113 Å². The standard InChI is InChI=1S/C14H22N2OS/c1-11(2)16-6-3-12(4-7-16)9-14-15-10-13(18-14)5-8-17/h8,10-12H,3-7,9H2,1-2H3. The molecule has 0 unspecified atom stereocenters. The lowest BCUT2D eigenvalue weighted by atomic mass is 9.93. The van der Waals surface area contributed by atoms with Crippen molar-refractivity contribution in [3.8, 4) is 0 Å². The summed E-state index contributed by atoms with van der Waals surface area (Å²) in [6.07, 6.45) is 6.98. The molecule has 2 rings (SSSR count). The average Bonchev–Trinajstić information content (AvgIpc) is 2.78. The number of aromatic nitrogens is 1. The number of hydrogen-bond acceptors (Lipinski definition) is 4. The zero-order valence-electron chi connectivity index (χ0n) is 11.3. The number of carbonyl (C=O) groups excluding carboxylic acids is 1. The van der Waals surface area contributed by atoms with Crippen molar-refractivity contribution in [2.45, 2.75) is 45.6 Å². The molecule has 100 valence electrons. The maximum absolute atomic E-state index is 10.4. The predicted octanol–water partition coefficient (Wildman–Crippen LogP) is 2.55. The molecule has 0 atom stereocenters. The van der Waals surface area contributed by atoms with Gasteiger partial charge in [0.1, 0.15) is 6.29 Å². The van der Waals surface area contributed by atoms with E-state index in [4.69, 9.17) is 0 Å². The van der Waals surface area contributed by atoms with Crippen LogP contribution in [0.5, 0.6) is 0 Å². The molecule has 0 bridgehead atoms. The molecule has 0 aliphatic carbocycles. The van der Waals surface area contributed by atoms with Crippen LogP contribution in [0.3, 0.4) is 0 Å². The van der Waals surface area contributed by atoms with Crippen molar-refractivity contribution < 1.29 is 4.79 Å². The van der Waals surface area contributed by atoms with Gasteiger partial charge in [-0.05, 0) is 45.7 Å². The largest absolute Gasteiger partial charge is 0.303 e. The summed E-state index contributed by atoms with van der Waals surface area (Å²) in [5, 5.41) is 1.20. The van der Waals surface area contributed by atoms with Crippen molar-refractivity contribution >= 4 is 17.6 Å². The molecular weight excluding hydrogens is 244 g/mol. The summed E-state index contributed by atoms with van der Waals surface area (Å²) >= 11 is 1.70. The monoisotopic (exact) mass is 266 g/mol. The lowest BCUT2D eigenvalue weighted by Gasteiger charge is -2.34. The van der Waals surface area contributed by atoms with E-state index in [-0.39, 0.29) is 0 Å². The number of hydrogen-bond donors (Lipinski definition) is 0. The first kappa shape index (κ1) is 13.7. The van der Waals surface area contributed by atoms with Gasteiger partial charge in [-0.3, -0.25) is 0 Å². The van der Waals surface area contributed by atoms with E-state index in [1.165, 1.54) is 30.9 Å². The second-order valence-corrected chi connectivity index (χ2v) is 6.57. The van der Waals surface area contributed by atoms with Crippen molar-refractivity contribution in [1.29, 1.82) is 0 Å². The number of likely N-dealkylation sites (tertiary alicyclic amines) is 1. The van der Waals surface area contributed by atoms with Crippen molar-refractivity contribution in [2.75, 3.05) is 13.1 Å². The first-order chi connectivity index (χ1) is 8.69. The SMILES string of the molecule is CC(C)N1CCC(Cc2ncc(CC=O)s2)CC1. The van der Waals surface area contributed by atoms with Crippen LogP contribution in [-0.2, 0) is 17.6 Å². The number of nitrogens with zero attached hydrogens (tertiary/aromatic N) is 2. The maximum atomic E-state index is 10.4. The van der Waals surface area contributed by atoms with Crippen LogP contribution in [0.25, 0.3) is 0 Å². The lowest BCUT2D eigenvalue weighted by Crippen LogP contribution is -2.38. The summed E-state index contributed by atoms with van der Waals surface area (Å²) in [6.45, 7) is 6.98. The van der Waals surface area contributed by atoms with E-state index >= 15 is 0 Å². The van der Waals surface area contributed by atoms with E-state index in [0.717, 1.165) is 23.5 Å². The molecule has 1 aliphatic heterocycles. The maximum Gasteiger partial charge on any atom is 0.125 e. The van der Waals surface area contributed by atoms with Crippen LogP contribution in [0, 0.1) is 5.92 Å². The van der Waals surface area contributed by atoms with E-state index in [1.54, 1.807) is 11.3 Å². The van der Waals surface area contributed by atoms with Gasteiger partial charge >= 0.3 is 0 Å². The quantitative estimate of drug-likeness (QED) is 0.768. The van der Waals surface area contributed by atoms with Crippen LogP contribution >= 0.6 is 11.3 Å². The zero-order valence-corrected chi connectivity index (χ0v) is 12.1. The Kier molecular flexibility index (Phi) is 4.89. The summed E-state index contributed by atoms with van der Waals surface area (Å²) in [6, 6.07) is 0.671. The number of aldehydes is 1. The Morgan fingerprint density at radius 1 is 1.50 bits per heavy atom. The van der Waals surface area contributed by atoms with Gasteiger partial charge in [0.15, 0.2) is 0 Å². The summed E-state index contributed by atoms with van der Waals surface area (Å²) in [7, 11) is 0. The van der Waals surface area contributed by atoms with E-state index in [1.807, 2.05) is 6.20 Å². The Bertz CT molecular complexity index is 381. The average molecular weight is 266 g/mol. The fourth-order valence-corrected chi connectivity index (χ4v) is 3.52. The molecule has 1 saturated heterocycles. The van der Waals surface area contributed by atoms with Gasteiger partial charge in [0, 0.05) is 30.0 Å². The molecule has 0 radical (unpaired) electrons. The van der Waals surface area contributed by atoms with Crippen LogP contribution in [0.1, 0.15) is 36.6 Å². The molecule has 18 heavy (non-hydrogen) atoms. The van der Waals surface area contributed by atoms with Gasteiger partial charge in [-0.2, -0.15) is 0 Å². The van der Waals surface area contributed by atoms with Crippen LogP contribution in [0.15, 0.2) is 6.20 Å². The van der Waals surface area contributed by atoms with Crippen LogP contribution < -0.4 is 0 Å². The van der Waals surface area contributed by atoms with E-state index < -0.39 is 0 Å². The molecule has 1 aromatic rings. The molecule has 0 aromatic carbocycles. The molecule has 3 nitrogen and oxygen atoms in total. The second-order valence-electron chi connectivity index (χ2n) is 5.37.